The summed E-state index contributed by atoms with van der Waals surface area (Å²) in [5, 5.41) is 2.66. The number of hydrogen-bond donors (Lipinski definition) is 1. The fraction of sp³-hybridized carbons (Fsp3) is 0.375. The molecule has 0 unspecified atom stereocenters. The fourth-order valence-corrected chi connectivity index (χ4v) is 0.923. The van der Waals surface area contributed by atoms with Crippen molar-refractivity contribution in [2.75, 3.05) is 12.4 Å². The lowest BCUT2D eigenvalue weighted by atomic mass is 10.2. The highest BCUT2D eigenvalue weighted by molar-refractivity contribution is 6.27. The van der Waals surface area contributed by atoms with Gasteiger partial charge < -0.3 is 9.73 Å². The van der Waals surface area contributed by atoms with E-state index >= 15 is 0 Å². The normalized spacial score (nSPS) is 9.75. The van der Waals surface area contributed by atoms with Gasteiger partial charge in [-0.1, -0.05) is 0 Å². The van der Waals surface area contributed by atoms with Crippen LogP contribution in [0.5, 0.6) is 0 Å². The molecule has 1 aromatic heterocycles. The Labute approximate surface area is 75.7 Å². The highest BCUT2D eigenvalue weighted by Crippen LogP contribution is 1.99. The molecule has 0 saturated carbocycles. The molecule has 0 fully saturated rings. The lowest BCUT2D eigenvalue weighted by Gasteiger charge is -1.99. The van der Waals surface area contributed by atoms with E-state index in [4.69, 9.17) is 16.0 Å². The molecule has 0 atom stereocenters. The van der Waals surface area contributed by atoms with Crippen molar-refractivity contribution in [2.24, 2.45) is 0 Å². The van der Waals surface area contributed by atoms with Gasteiger partial charge in [-0.2, -0.15) is 0 Å². The number of carbonyl (C=O) groups excluding carboxylic acids is 1. The van der Waals surface area contributed by atoms with Crippen LogP contribution in [-0.2, 0) is 11.2 Å². The van der Waals surface area contributed by atoms with E-state index in [9.17, 15) is 4.79 Å². The number of furan rings is 1. The minimum absolute atomic E-state index is 0.0192. The Morgan fingerprint density at radius 3 is 3.08 bits per heavy atom. The zero-order valence-electron chi connectivity index (χ0n) is 6.55. The predicted molar refractivity (Wildman–Crippen MR) is 46.1 cm³/mol. The lowest BCUT2D eigenvalue weighted by molar-refractivity contribution is -0.118. The van der Waals surface area contributed by atoms with E-state index in [1.165, 1.54) is 0 Å². The van der Waals surface area contributed by atoms with Crippen molar-refractivity contribution in [3.8, 4) is 0 Å². The van der Waals surface area contributed by atoms with Crippen molar-refractivity contribution in [2.45, 2.75) is 6.42 Å². The van der Waals surface area contributed by atoms with Gasteiger partial charge in [0.15, 0.2) is 0 Å². The topological polar surface area (TPSA) is 42.2 Å². The molecule has 3 nitrogen and oxygen atoms in total. The molecule has 0 saturated heterocycles. The summed E-state index contributed by atoms with van der Waals surface area (Å²) in [5.74, 6) is -0.120. The molecule has 4 heteroatoms. The molecule has 1 rings (SSSR count). The third-order valence-corrected chi connectivity index (χ3v) is 1.68. The summed E-state index contributed by atoms with van der Waals surface area (Å²) in [6, 6.07) is 1.87. The zero-order chi connectivity index (χ0) is 8.81. The molecule has 0 spiro atoms. The number of nitrogens with one attached hydrogen (secondary N) is 1. The molecular formula is C8H10ClNO2. The molecule has 12 heavy (non-hydrogen) atoms. The van der Waals surface area contributed by atoms with E-state index in [0.717, 1.165) is 12.0 Å². The number of halogens is 1. The maximum atomic E-state index is 10.7. The van der Waals surface area contributed by atoms with Gasteiger partial charge >= 0.3 is 0 Å². The van der Waals surface area contributed by atoms with E-state index in [1.807, 2.05) is 6.07 Å². The molecule has 0 aromatic carbocycles. The Morgan fingerprint density at radius 1 is 1.67 bits per heavy atom. The first-order valence-corrected chi connectivity index (χ1v) is 4.20. The van der Waals surface area contributed by atoms with Gasteiger partial charge in [0.1, 0.15) is 5.88 Å². The molecule has 1 aromatic rings. The molecule has 1 heterocycles. The van der Waals surface area contributed by atoms with Crippen molar-refractivity contribution in [3.63, 3.8) is 0 Å². The van der Waals surface area contributed by atoms with Crippen LogP contribution in [0.3, 0.4) is 0 Å². The van der Waals surface area contributed by atoms with Gasteiger partial charge in [-0.3, -0.25) is 4.79 Å². The molecule has 0 aliphatic carbocycles. The Bertz CT molecular complexity index is 233. The second-order valence-corrected chi connectivity index (χ2v) is 2.63. The predicted octanol–water partition coefficient (Wildman–Crippen LogP) is 1.18. The van der Waals surface area contributed by atoms with E-state index < -0.39 is 0 Å². The Kier molecular flexibility index (Phi) is 3.67. The Morgan fingerprint density at radius 2 is 2.50 bits per heavy atom. The molecule has 0 aliphatic rings. The Balaban J connectivity index is 2.15. The molecule has 0 radical (unpaired) electrons. The molecule has 0 bridgehead atoms. The van der Waals surface area contributed by atoms with Crippen LogP contribution in [0, 0.1) is 0 Å². The second kappa shape index (κ2) is 4.83. The fourth-order valence-electron chi connectivity index (χ4n) is 0.828. The molecule has 1 amide bonds. The quantitative estimate of drug-likeness (QED) is 0.720. The first-order chi connectivity index (χ1) is 5.83. The van der Waals surface area contributed by atoms with Crippen LogP contribution in [0.4, 0.5) is 0 Å². The Hall–Kier alpha value is -0.960. The van der Waals surface area contributed by atoms with Crippen molar-refractivity contribution in [1.29, 1.82) is 0 Å². The monoisotopic (exact) mass is 187 g/mol. The lowest BCUT2D eigenvalue weighted by Crippen LogP contribution is -2.26. The average Bonchev–Trinajstić information content (AvgIpc) is 2.57. The van der Waals surface area contributed by atoms with Crippen LogP contribution >= 0.6 is 11.6 Å². The van der Waals surface area contributed by atoms with Gasteiger partial charge in [-0.25, -0.2) is 0 Å². The van der Waals surface area contributed by atoms with Gasteiger partial charge in [-0.15, -0.1) is 11.6 Å². The number of amides is 1. The van der Waals surface area contributed by atoms with E-state index in [0.29, 0.717) is 6.54 Å². The first-order valence-electron chi connectivity index (χ1n) is 3.66. The molecule has 1 N–H and O–H groups in total. The molecule has 0 aliphatic heterocycles. The van der Waals surface area contributed by atoms with Gasteiger partial charge in [-0.05, 0) is 18.1 Å². The second-order valence-electron chi connectivity index (χ2n) is 2.37. The summed E-state index contributed by atoms with van der Waals surface area (Å²) >= 11 is 5.28. The maximum Gasteiger partial charge on any atom is 0.234 e. The van der Waals surface area contributed by atoms with Crippen LogP contribution in [0.1, 0.15) is 5.56 Å². The summed E-state index contributed by atoms with van der Waals surface area (Å²) in [7, 11) is 0. The summed E-state index contributed by atoms with van der Waals surface area (Å²) in [6.45, 7) is 0.602. The average molecular weight is 188 g/mol. The summed E-state index contributed by atoms with van der Waals surface area (Å²) in [6.07, 6.45) is 4.05. The van der Waals surface area contributed by atoms with Crippen molar-refractivity contribution >= 4 is 17.5 Å². The SMILES string of the molecule is O=C(CCl)NCCc1ccoc1. The maximum absolute atomic E-state index is 10.7. The number of alkyl halides is 1. The third-order valence-electron chi connectivity index (χ3n) is 1.44. The molecule has 66 valence electrons. The smallest absolute Gasteiger partial charge is 0.234 e. The van der Waals surface area contributed by atoms with Gasteiger partial charge in [0.2, 0.25) is 5.91 Å². The van der Waals surface area contributed by atoms with Crippen LogP contribution in [-0.4, -0.2) is 18.3 Å². The number of hydrogen-bond acceptors (Lipinski definition) is 2. The van der Waals surface area contributed by atoms with Crippen LogP contribution in [0.25, 0.3) is 0 Å². The zero-order valence-corrected chi connectivity index (χ0v) is 7.30. The standard InChI is InChI=1S/C8H10ClNO2/c9-5-8(11)10-3-1-7-2-4-12-6-7/h2,4,6H,1,3,5H2,(H,10,11). The van der Waals surface area contributed by atoms with E-state index in [-0.39, 0.29) is 11.8 Å². The van der Waals surface area contributed by atoms with Gasteiger partial charge in [0.25, 0.3) is 0 Å². The minimum atomic E-state index is -0.139. The third kappa shape index (κ3) is 2.96. The minimum Gasteiger partial charge on any atom is -0.472 e. The molecular weight excluding hydrogens is 178 g/mol. The summed E-state index contributed by atoms with van der Waals surface area (Å²) in [5.41, 5.74) is 1.07. The van der Waals surface area contributed by atoms with E-state index in [2.05, 4.69) is 5.32 Å². The largest absolute Gasteiger partial charge is 0.472 e. The van der Waals surface area contributed by atoms with Crippen LogP contribution in [0.2, 0.25) is 0 Å². The van der Waals surface area contributed by atoms with Crippen molar-refractivity contribution < 1.29 is 9.21 Å². The summed E-state index contributed by atoms with van der Waals surface area (Å²) in [4.78, 5) is 10.7. The highest BCUT2D eigenvalue weighted by atomic mass is 35.5. The van der Waals surface area contributed by atoms with Gasteiger partial charge in [0.05, 0.1) is 12.5 Å². The number of carbonyl (C=O) groups is 1. The summed E-state index contributed by atoms with van der Waals surface area (Å²) < 4.78 is 4.86. The first kappa shape index (κ1) is 9.13. The van der Waals surface area contributed by atoms with Crippen LogP contribution in [0.15, 0.2) is 23.0 Å². The van der Waals surface area contributed by atoms with Crippen LogP contribution < -0.4 is 5.32 Å². The highest BCUT2D eigenvalue weighted by Gasteiger charge is 1.97. The van der Waals surface area contributed by atoms with Crippen molar-refractivity contribution in [3.05, 3.63) is 24.2 Å². The van der Waals surface area contributed by atoms with E-state index in [1.54, 1.807) is 12.5 Å². The van der Waals surface area contributed by atoms with Gasteiger partial charge in [0, 0.05) is 6.54 Å². The van der Waals surface area contributed by atoms with Crippen molar-refractivity contribution in [1.82, 2.24) is 5.32 Å². The number of rotatable bonds is 4.